The van der Waals surface area contributed by atoms with Crippen molar-refractivity contribution in [3.8, 4) is 5.75 Å². The molecule has 1 amide bonds. The smallest absolute Gasteiger partial charge is 0.295 e. The summed E-state index contributed by atoms with van der Waals surface area (Å²) in [5.74, 6) is -0.214. The SMILES string of the molecule is Cc1ccc2oc3c(c(=O)c2c1)C(c1ccc(O)cc1)N(c1cccc(Br)c1)C3=O. The average Bonchev–Trinajstić information content (AvgIpc) is 3.02. The second-order valence-electron chi connectivity index (χ2n) is 7.32. The lowest BCUT2D eigenvalue weighted by molar-refractivity contribution is 0.0971. The van der Waals surface area contributed by atoms with Crippen molar-refractivity contribution in [2.45, 2.75) is 13.0 Å². The Hall–Kier alpha value is -3.38. The minimum absolute atomic E-state index is 0.0504. The van der Waals surface area contributed by atoms with Gasteiger partial charge in [0.1, 0.15) is 11.3 Å². The molecule has 3 aromatic carbocycles. The largest absolute Gasteiger partial charge is 0.508 e. The Balaban J connectivity index is 1.83. The number of anilines is 1. The van der Waals surface area contributed by atoms with E-state index >= 15 is 0 Å². The molecule has 6 heteroatoms. The maximum absolute atomic E-state index is 13.5. The third-order valence-electron chi connectivity index (χ3n) is 5.32. The number of fused-ring (bicyclic) bond motifs is 2. The average molecular weight is 462 g/mol. The fourth-order valence-electron chi connectivity index (χ4n) is 3.95. The highest BCUT2D eigenvalue weighted by atomic mass is 79.9. The summed E-state index contributed by atoms with van der Waals surface area (Å²) >= 11 is 3.45. The number of nitrogens with zero attached hydrogens (tertiary/aromatic N) is 1. The molecule has 5 rings (SSSR count). The van der Waals surface area contributed by atoms with Crippen LogP contribution in [0.1, 0.15) is 33.3 Å². The van der Waals surface area contributed by atoms with Crippen molar-refractivity contribution in [3.05, 3.63) is 104 Å². The molecular weight excluding hydrogens is 446 g/mol. The summed E-state index contributed by atoms with van der Waals surface area (Å²) in [5, 5.41) is 10.2. The van der Waals surface area contributed by atoms with Crippen LogP contribution in [0.25, 0.3) is 11.0 Å². The van der Waals surface area contributed by atoms with E-state index < -0.39 is 6.04 Å². The van der Waals surface area contributed by atoms with E-state index in [1.54, 1.807) is 41.3 Å². The van der Waals surface area contributed by atoms with E-state index in [1.807, 2.05) is 37.3 Å². The number of carbonyl (C=O) groups is 1. The van der Waals surface area contributed by atoms with Crippen LogP contribution in [0, 0.1) is 6.92 Å². The van der Waals surface area contributed by atoms with Crippen LogP contribution in [0.5, 0.6) is 5.75 Å². The van der Waals surface area contributed by atoms with Crippen LogP contribution >= 0.6 is 15.9 Å². The Bertz CT molecular complexity index is 1370. The Morgan fingerprint density at radius 1 is 1.00 bits per heavy atom. The first kappa shape index (κ1) is 18.6. The van der Waals surface area contributed by atoms with Crippen LogP contribution in [0.4, 0.5) is 5.69 Å². The molecule has 0 fully saturated rings. The van der Waals surface area contributed by atoms with Gasteiger partial charge in [0.25, 0.3) is 5.91 Å². The molecule has 4 aromatic rings. The fraction of sp³-hybridized carbons (Fsp3) is 0.0833. The van der Waals surface area contributed by atoms with Crippen molar-refractivity contribution in [3.63, 3.8) is 0 Å². The summed E-state index contributed by atoms with van der Waals surface area (Å²) in [6.07, 6.45) is 0. The monoisotopic (exact) mass is 461 g/mol. The maximum Gasteiger partial charge on any atom is 0.295 e. The zero-order valence-electron chi connectivity index (χ0n) is 15.9. The highest BCUT2D eigenvalue weighted by Gasteiger charge is 2.43. The lowest BCUT2D eigenvalue weighted by Gasteiger charge is -2.25. The third-order valence-corrected chi connectivity index (χ3v) is 5.81. The molecule has 5 nitrogen and oxygen atoms in total. The van der Waals surface area contributed by atoms with E-state index in [0.29, 0.717) is 27.8 Å². The van der Waals surface area contributed by atoms with Gasteiger partial charge in [-0.15, -0.1) is 0 Å². The number of phenolic OH excluding ortho intramolecular Hbond substituents is 1. The second-order valence-corrected chi connectivity index (χ2v) is 8.24. The second kappa shape index (κ2) is 6.85. The van der Waals surface area contributed by atoms with E-state index in [9.17, 15) is 14.7 Å². The minimum Gasteiger partial charge on any atom is -0.508 e. The number of hydrogen-bond acceptors (Lipinski definition) is 4. The van der Waals surface area contributed by atoms with Crippen molar-refractivity contribution in [2.75, 3.05) is 4.90 Å². The molecule has 0 saturated carbocycles. The molecule has 148 valence electrons. The van der Waals surface area contributed by atoms with Gasteiger partial charge in [0.05, 0.1) is 17.0 Å². The van der Waals surface area contributed by atoms with Crippen molar-refractivity contribution in [2.24, 2.45) is 0 Å². The summed E-state index contributed by atoms with van der Waals surface area (Å²) in [6.45, 7) is 1.91. The molecule has 1 aromatic heterocycles. The Morgan fingerprint density at radius 3 is 2.50 bits per heavy atom. The van der Waals surface area contributed by atoms with Gasteiger partial charge in [-0.1, -0.05) is 45.8 Å². The number of aromatic hydroxyl groups is 1. The first-order valence-electron chi connectivity index (χ1n) is 9.39. The number of phenols is 1. The number of aryl methyl sites for hydroxylation is 1. The summed E-state index contributed by atoms with van der Waals surface area (Å²) in [5.41, 5.74) is 2.75. The van der Waals surface area contributed by atoms with Crippen LogP contribution < -0.4 is 10.3 Å². The Kier molecular flexibility index (Phi) is 4.25. The summed E-state index contributed by atoms with van der Waals surface area (Å²) in [7, 11) is 0. The molecule has 0 radical (unpaired) electrons. The highest BCUT2D eigenvalue weighted by Crippen LogP contribution is 2.42. The number of carbonyl (C=O) groups excluding carboxylic acids is 1. The van der Waals surface area contributed by atoms with E-state index in [0.717, 1.165) is 10.0 Å². The number of rotatable bonds is 2. The topological polar surface area (TPSA) is 70.8 Å². The molecular formula is C24H16BrNO4. The van der Waals surface area contributed by atoms with Crippen LogP contribution in [-0.4, -0.2) is 11.0 Å². The number of hydrogen-bond donors (Lipinski definition) is 1. The van der Waals surface area contributed by atoms with Crippen molar-refractivity contribution < 1.29 is 14.3 Å². The predicted molar refractivity (Wildman–Crippen MR) is 118 cm³/mol. The van der Waals surface area contributed by atoms with Gasteiger partial charge < -0.3 is 9.52 Å². The lowest BCUT2D eigenvalue weighted by Crippen LogP contribution is -2.29. The molecule has 1 atom stereocenters. The number of benzene rings is 3. The van der Waals surface area contributed by atoms with Crippen LogP contribution in [0.15, 0.2) is 80.4 Å². The standard InChI is InChI=1S/C24H16BrNO4/c1-13-5-10-19-18(11-13)22(28)20-21(14-6-8-17(27)9-7-14)26(24(29)23(20)30-19)16-4-2-3-15(25)12-16/h2-12,21,27H,1H3. The quantitative estimate of drug-likeness (QED) is 0.438. The molecule has 0 aliphatic carbocycles. The molecule has 0 spiro atoms. The first-order chi connectivity index (χ1) is 14.4. The Labute approximate surface area is 180 Å². The molecule has 2 heterocycles. The summed E-state index contributed by atoms with van der Waals surface area (Å²) in [6, 6.07) is 18.5. The fourth-order valence-corrected chi connectivity index (χ4v) is 4.34. The lowest BCUT2D eigenvalue weighted by atomic mass is 9.98. The molecule has 1 N–H and O–H groups in total. The maximum atomic E-state index is 13.5. The van der Waals surface area contributed by atoms with Crippen molar-refractivity contribution >= 4 is 38.5 Å². The van der Waals surface area contributed by atoms with Gasteiger partial charge >= 0.3 is 0 Å². The Morgan fingerprint density at radius 2 is 1.77 bits per heavy atom. The third kappa shape index (κ3) is 2.83. The molecule has 1 aliphatic rings. The van der Waals surface area contributed by atoms with Crippen LogP contribution in [-0.2, 0) is 0 Å². The van der Waals surface area contributed by atoms with Gasteiger partial charge in [0, 0.05) is 10.2 Å². The van der Waals surface area contributed by atoms with Gasteiger partial charge in [-0.2, -0.15) is 0 Å². The van der Waals surface area contributed by atoms with Crippen molar-refractivity contribution in [1.82, 2.24) is 0 Å². The zero-order chi connectivity index (χ0) is 21.0. The normalized spacial score (nSPS) is 15.6. The number of amides is 1. The number of halogens is 1. The molecule has 30 heavy (non-hydrogen) atoms. The van der Waals surface area contributed by atoms with Gasteiger partial charge in [0.2, 0.25) is 5.76 Å². The molecule has 1 aliphatic heterocycles. The van der Waals surface area contributed by atoms with Crippen LogP contribution in [0.3, 0.4) is 0 Å². The predicted octanol–water partition coefficient (Wildman–Crippen LogP) is 5.32. The van der Waals surface area contributed by atoms with Gasteiger partial charge in [-0.3, -0.25) is 14.5 Å². The van der Waals surface area contributed by atoms with Gasteiger partial charge in [-0.05, 0) is 55.0 Å². The van der Waals surface area contributed by atoms with E-state index in [1.165, 1.54) is 0 Å². The van der Waals surface area contributed by atoms with E-state index in [-0.39, 0.29) is 22.8 Å². The van der Waals surface area contributed by atoms with Crippen LogP contribution in [0.2, 0.25) is 0 Å². The van der Waals surface area contributed by atoms with E-state index in [4.69, 9.17) is 4.42 Å². The van der Waals surface area contributed by atoms with Crippen molar-refractivity contribution in [1.29, 1.82) is 0 Å². The molecule has 1 unspecified atom stereocenters. The minimum atomic E-state index is -0.663. The first-order valence-corrected chi connectivity index (χ1v) is 10.2. The highest BCUT2D eigenvalue weighted by molar-refractivity contribution is 9.10. The summed E-state index contributed by atoms with van der Waals surface area (Å²) < 4.78 is 6.77. The summed E-state index contributed by atoms with van der Waals surface area (Å²) in [4.78, 5) is 28.5. The van der Waals surface area contributed by atoms with Gasteiger partial charge in [-0.25, -0.2) is 0 Å². The van der Waals surface area contributed by atoms with Gasteiger partial charge in [0.15, 0.2) is 5.43 Å². The molecule has 0 bridgehead atoms. The van der Waals surface area contributed by atoms with E-state index in [2.05, 4.69) is 15.9 Å². The molecule has 0 saturated heterocycles. The zero-order valence-corrected chi connectivity index (χ0v) is 17.5.